The largest absolute Gasteiger partial charge is 0.490 e. The number of esters is 1. The van der Waals surface area contributed by atoms with Crippen molar-refractivity contribution in [2.24, 2.45) is 0 Å². The predicted molar refractivity (Wildman–Crippen MR) is 291 cm³/mol. The first kappa shape index (κ1) is 61.5. The van der Waals surface area contributed by atoms with Crippen LogP contribution in [0.3, 0.4) is 0 Å². The fraction of sp³-hybridized carbons (Fsp3) is 0.790. The minimum Gasteiger partial charge on any atom is -0.490 e. The number of rotatable bonds is 51. The van der Waals surface area contributed by atoms with E-state index in [2.05, 4.69) is 75.4 Å². The van der Waals surface area contributed by atoms with Crippen molar-refractivity contribution in [3.8, 4) is 11.5 Å². The predicted octanol–water partition coefficient (Wildman–Crippen LogP) is 20.8. The van der Waals surface area contributed by atoms with E-state index >= 15 is 0 Å². The van der Waals surface area contributed by atoms with E-state index < -0.39 is 0 Å². The highest BCUT2D eigenvalue weighted by atomic mass is 16.5. The number of unbranched alkanes of at least 4 members (excludes halogenated alkanes) is 34. The van der Waals surface area contributed by atoms with E-state index in [9.17, 15) is 4.79 Å². The molecule has 0 saturated carbocycles. The summed E-state index contributed by atoms with van der Waals surface area (Å²) in [6.45, 7) is 10.5. The molecule has 0 bridgehead atoms. The first-order valence-corrected chi connectivity index (χ1v) is 29.2. The zero-order chi connectivity index (χ0) is 47.5. The molecule has 4 nitrogen and oxygen atoms in total. The van der Waals surface area contributed by atoms with E-state index in [4.69, 9.17) is 14.2 Å². The van der Waals surface area contributed by atoms with Gasteiger partial charge in [-0.2, -0.15) is 0 Å². The molecule has 0 aliphatic rings. The number of carbonyl (C=O) groups is 1. The third kappa shape index (κ3) is 39.5. The molecule has 0 amide bonds. The Morgan fingerprint density at radius 1 is 0.394 bits per heavy atom. The van der Waals surface area contributed by atoms with Gasteiger partial charge >= 0.3 is 5.97 Å². The van der Waals surface area contributed by atoms with Gasteiger partial charge in [0, 0.05) is 0 Å². The van der Waals surface area contributed by atoms with Crippen molar-refractivity contribution in [1.82, 2.24) is 0 Å². The van der Waals surface area contributed by atoms with E-state index in [1.54, 1.807) is 0 Å². The van der Waals surface area contributed by atoms with Crippen molar-refractivity contribution < 1.29 is 19.0 Å². The summed E-state index contributed by atoms with van der Waals surface area (Å²) in [5.41, 5.74) is 0.992. The van der Waals surface area contributed by atoms with Crippen LogP contribution >= 0.6 is 0 Å². The Labute approximate surface area is 411 Å². The standard InChI is InChI=1S/C62H110O4/c1-5-9-12-15-18-21-24-27-30-32-35-38-41-44-47-50-55-65-60-54-53-58(57-61(60)66-56-51-48-45-42-39-36-33-31-28-25-22-19-16-13-10-6-2)59(62(63)64-8-4)52-49-46-43-40-37-34-29-26-23-20-17-14-11-7-3/h27-31,34,53-54,57,59H,5-26,32-33,35-52,55-56H2,1-4H3/b30-27-,31-28-,34-29-. The number of allylic oxidation sites excluding steroid dienone is 6. The molecule has 0 radical (unpaired) electrons. The fourth-order valence-electron chi connectivity index (χ4n) is 8.94. The maximum absolute atomic E-state index is 13.4. The van der Waals surface area contributed by atoms with Gasteiger partial charge < -0.3 is 14.2 Å². The molecule has 0 N–H and O–H groups in total. The number of ether oxygens (including phenoxy) is 3. The lowest BCUT2D eigenvalue weighted by atomic mass is 9.92. The van der Waals surface area contributed by atoms with Gasteiger partial charge in [0.25, 0.3) is 0 Å². The molecular formula is C62H110O4. The first-order valence-electron chi connectivity index (χ1n) is 29.2. The van der Waals surface area contributed by atoms with Crippen molar-refractivity contribution in [3.63, 3.8) is 0 Å². The molecule has 1 rings (SSSR count). The summed E-state index contributed by atoms with van der Waals surface area (Å²) in [4.78, 5) is 13.4. The lowest BCUT2D eigenvalue weighted by Crippen LogP contribution is -2.16. The van der Waals surface area contributed by atoms with Gasteiger partial charge in [-0.3, -0.25) is 4.79 Å². The van der Waals surface area contributed by atoms with Crippen LogP contribution in [0.2, 0.25) is 0 Å². The molecule has 1 unspecified atom stereocenters. The average molecular weight is 920 g/mol. The average Bonchev–Trinajstić information content (AvgIpc) is 3.32. The third-order valence-corrected chi connectivity index (χ3v) is 13.3. The molecule has 0 heterocycles. The smallest absolute Gasteiger partial charge is 0.313 e. The Hall–Kier alpha value is -2.49. The second-order valence-electron chi connectivity index (χ2n) is 19.6. The number of hydrogen-bond donors (Lipinski definition) is 0. The molecule has 1 aromatic carbocycles. The van der Waals surface area contributed by atoms with Gasteiger partial charge in [-0.15, -0.1) is 0 Å². The normalized spacial score (nSPS) is 12.3. The Kier molecular flexibility index (Phi) is 47.0. The van der Waals surface area contributed by atoms with Crippen molar-refractivity contribution in [2.75, 3.05) is 19.8 Å². The van der Waals surface area contributed by atoms with Crippen LogP contribution in [0.25, 0.3) is 0 Å². The van der Waals surface area contributed by atoms with Crippen molar-refractivity contribution in [2.45, 2.75) is 297 Å². The number of benzene rings is 1. The van der Waals surface area contributed by atoms with Gasteiger partial charge in [0.15, 0.2) is 11.5 Å². The van der Waals surface area contributed by atoms with E-state index in [1.165, 1.54) is 225 Å². The lowest BCUT2D eigenvalue weighted by Gasteiger charge is -2.19. The zero-order valence-electron chi connectivity index (χ0n) is 44.5. The first-order chi connectivity index (χ1) is 32.7. The molecule has 382 valence electrons. The van der Waals surface area contributed by atoms with Crippen LogP contribution in [0.15, 0.2) is 54.7 Å². The van der Waals surface area contributed by atoms with Crippen molar-refractivity contribution in [1.29, 1.82) is 0 Å². The highest BCUT2D eigenvalue weighted by Crippen LogP contribution is 2.34. The van der Waals surface area contributed by atoms with Gasteiger partial charge in [0.1, 0.15) is 0 Å². The van der Waals surface area contributed by atoms with E-state index in [1.807, 2.05) is 6.92 Å². The molecule has 66 heavy (non-hydrogen) atoms. The molecular weight excluding hydrogens is 809 g/mol. The fourth-order valence-corrected chi connectivity index (χ4v) is 8.94. The van der Waals surface area contributed by atoms with Crippen LogP contribution < -0.4 is 9.47 Å². The summed E-state index contributed by atoms with van der Waals surface area (Å²) >= 11 is 0. The van der Waals surface area contributed by atoms with Crippen LogP contribution in [0.4, 0.5) is 0 Å². The maximum atomic E-state index is 13.4. The highest BCUT2D eigenvalue weighted by molar-refractivity contribution is 5.78. The monoisotopic (exact) mass is 919 g/mol. The number of carbonyl (C=O) groups excluding carboxylic acids is 1. The third-order valence-electron chi connectivity index (χ3n) is 13.3. The van der Waals surface area contributed by atoms with Gasteiger partial charge in [0.2, 0.25) is 0 Å². The molecule has 0 aromatic heterocycles. The second kappa shape index (κ2) is 50.4. The Morgan fingerprint density at radius 2 is 0.712 bits per heavy atom. The SMILES string of the molecule is CCCCCCCC/C=C\CCCCCCCCOc1ccc(C(CCCCCC/C=C\CCCCCCCC)C(=O)OCC)cc1OCCCCCCCC/C=C\CCCCCCCC. The van der Waals surface area contributed by atoms with Crippen LogP contribution in [-0.4, -0.2) is 25.8 Å². The van der Waals surface area contributed by atoms with E-state index in [0.29, 0.717) is 19.8 Å². The number of hydrogen-bond acceptors (Lipinski definition) is 4. The molecule has 1 aromatic rings. The Morgan fingerprint density at radius 3 is 1.08 bits per heavy atom. The van der Waals surface area contributed by atoms with Crippen LogP contribution in [-0.2, 0) is 9.53 Å². The van der Waals surface area contributed by atoms with Gasteiger partial charge in [-0.05, 0) is 121 Å². The molecule has 0 aliphatic heterocycles. The molecule has 0 fully saturated rings. The molecule has 0 spiro atoms. The minimum absolute atomic E-state index is 0.118. The van der Waals surface area contributed by atoms with Crippen molar-refractivity contribution >= 4 is 5.97 Å². The molecule has 0 saturated heterocycles. The van der Waals surface area contributed by atoms with Gasteiger partial charge in [-0.25, -0.2) is 0 Å². The van der Waals surface area contributed by atoms with Crippen molar-refractivity contribution in [3.05, 3.63) is 60.2 Å². The Balaban J connectivity index is 2.58. The molecule has 1 atom stereocenters. The summed E-state index contributed by atoms with van der Waals surface area (Å²) in [6.07, 6.45) is 66.6. The Bertz CT molecular complexity index is 1250. The molecule has 4 heteroatoms. The lowest BCUT2D eigenvalue weighted by molar-refractivity contribution is -0.145. The quantitative estimate of drug-likeness (QED) is 0.0371. The van der Waals surface area contributed by atoms with Crippen LogP contribution in [0.5, 0.6) is 11.5 Å². The van der Waals surface area contributed by atoms with Crippen LogP contribution in [0, 0.1) is 0 Å². The highest BCUT2D eigenvalue weighted by Gasteiger charge is 2.23. The van der Waals surface area contributed by atoms with Gasteiger partial charge in [-0.1, -0.05) is 230 Å². The molecule has 0 aliphatic carbocycles. The summed E-state index contributed by atoms with van der Waals surface area (Å²) in [5.74, 6) is 1.20. The zero-order valence-corrected chi connectivity index (χ0v) is 44.5. The second-order valence-corrected chi connectivity index (χ2v) is 19.6. The summed E-state index contributed by atoms with van der Waals surface area (Å²) in [5, 5.41) is 0. The van der Waals surface area contributed by atoms with Gasteiger partial charge in [0.05, 0.1) is 25.7 Å². The maximum Gasteiger partial charge on any atom is 0.313 e. The van der Waals surface area contributed by atoms with E-state index in [-0.39, 0.29) is 11.9 Å². The summed E-state index contributed by atoms with van der Waals surface area (Å²) in [6, 6.07) is 6.23. The topological polar surface area (TPSA) is 44.8 Å². The summed E-state index contributed by atoms with van der Waals surface area (Å²) < 4.78 is 18.5. The summed E-state index contributed by atoms with van der Waals surface area (Å²) in [7, 11) is 0. The van der Waals surface area contributed by atoms with E-state index in [0.717, 1.165) is 55.6 Å². The minimum atomic E-state index is -0.278. The van der Waals surface area contributed by atoms with Crippen LogP contribution in [0.1, 0.15) is 302 Å².